The Morgan fingerprint density at radius 3 is 2.84 bits per heavy atom. The zero-order chi connectivity index (χ0) is 25.4. The van der Waals surface area contributed by atoms with Crippen LogP contribution in [0.3, 0.4) is 0 Å². The Morgan fingerprint density at radius 2 is 2.00 bits per heavy atom. The number of benzene rings is 1. The Kier molecular flexibility index (Phi) is 5.91. The number of hydrogen-bond acceptors (Lipinski definition) is 6. The van der Waals surface area contributed by atoms with Gasteiger partial charge >= 0.3 is 0 Å². The van der Waals surface area contributed by atoms with Crippen LogP contribution in [0.1, 0.15) is 59.2 Å². The van der Waals surface area contributed by atoms with Crippen LogP contribution in [-0.2, 0) is 6.54 Å². The third-order valence-corrected chi connectivity index (χ3v) is 6.73. The van der Waals surface area contributed by atoms with E-state index in [-0.39, 0.29) is 18.1 Å². The molecule has 37 heavy (non-hydrogen) atoms. The average molecular weight is 497 g/mol. The number of aromatic amines is 1. The fourth-order valence-corrected chi connectivity index (χ4v) is 4.88. The number of aryl methyl sites for hydroxylation is 1. The Balaban J connectivity index is 1.20. The molecule has 0 aliphatic heterocycles. The predicted molar refractivity (Wildman–Crippen MR) is 136 cm³/mol. The molecule has 1 aliphatic rings. The number of nitrogens with one attached hydrogen (secondary N) is 2. The van der Waals surface area contributed by atoms with Crippen molar-refractivity contribution < 1.29 is 9.18 Å². The lowest BCUT2D eigenvalue weighted by atomic mass is 10.1. The minimum Gasteiger partial charge on any atom is -0.347 e. The fraction of sp³-hybridized carbons (Fsp3) is 0.259. The molecule has 1 fully saturated rings. The Labute approximate surface area is 212 Å². The summed E-state index contributed by atoms with van der Waals surface area (Å²) in [5.41, 5.74) is 5.04. The maximum atomic E-state index is 14.5. The number of aromatic nitrogens is 7. The summed E-state index contributed by atoms with van der Waals surface area (Å²) in [6, 6.07) is 8.48. The van der Waals surface area contributed by atoms with E-state index in [0.717, 1.165) is 35.6 Å². The quantitative estimate of drug-likeness (QED) is 0.354. The molecule has 10 heteroatoms. The van der Waals surface area contributed by atoms with Crippen LogP contribution in [0.25, 0.3) is 28.0 Å². The van der Waals surface area contributed by atoms with Gasteiger partial charge in [0.15, 0.2) is 11.3 Å². The summed E-state index contributed by atoms with van der Waals surface area (Å²) in [5, 5.41) is 7.27. The maximum Gasteiger partial charge on any atom is 0.272 e. The highest BCUT2D eigenvalue weighted by atomic mass is 19.1. The van der Waals surface area contributed by atoms with Crippen molar-refractivity contribution in [1.82, 2.24) is 40.0 Å². The van der Waals surface area contributed by atoms with Gasteiger partial charge in [-0.3, -0.25) is 9.78 Å². The van der Waals surface area contributed by atoms with Gasteiger partial charge in [-0.15, -0.1) is 0 Å². The minimum absolute atomic E-state index is 0.135. The molecule has 0 saturated heterocycles. The molecular weight excluding hydrogens is 471 g/mol. The minimum atomic E-state index is -0.395. The van der Waals surface area contributed by atoms with Crippen molar-refractivity contribution in [1.29, 1.82) is 0 Å². The second kappa shape index (κ2) is 9.53. The molecule has 9 nitrogen and oxygen atoms in total. The van der Waals surface area contributed by atoms with E-state index in [0.29, 0.717) is 28.2 Å². The van der Waals surface area contributed by atoms with Crippen molar-refractivity contribution in [3.63, 3.8) is 0 Å². The van der Waals surface area contributed by atoms with Crippen LogP contribution in [0, 0.1) is 12.7 Å². The van der Waals surface area contributed by atoms with Gasteiger partial charge in [-0.2, -0.15) is 5.10 Å². The van der Waals surface area contributed by atoms with Crippen molar-refractivity contribution in [2.24, 2.45) is 0 Å². The maximum absolute atomic E-state index is 14.5. The summed E-state index contributed by atoms with van der Waals surface area (Å²) in [6.07, 6.45) is 11.1. The molecule has 1 amide bonds. The molecule has 5 aromatic rings. The van der Waals surface area contributed by atoms with Gasteiger partial charge in [0.05, 0.1) is 11.9 Å². The first kappa shape index (κ1) is 23.0. The SMILES string of the molecule is Cc1cc(-n2cc(-c3cc(F)cc(CNC(=O)c4ncnc5nc(C6CCCC6)[nH]c45)c3)cn2)ccn1. The van der Waals surface area contributed by atoms with E-state index in [1.807, 2.05) is 31.3 Å². The summed E-state index contributed by atoms with van der Waals surface area (Å²) >= 11 is 0. The lowest BCUT2D eigenvalue weighted by Crippen LogP contribution is -2.24. The summed E-state index contributed by atoms with van der Waals surface area (Å²) in [7, 11) is 0. The summed E-state index contributed by atoms with van der Waals surface area (Å²) in [6.45, 7) is 2.05. The first-order valence-corrected chi connectivity index (χ1v) is 12.3. The van der Waals surface area contributed by atoms with Crippen molar-refractivity contribution in [3.8, 4) is 16.8 Å². The second-order valence-corrected chi connectivity index (χ2v) is 9.38. The molecule has 0 atom stereocenters. The number of hydrogen-bond donors (Lipinski definition) is 2. The molecule has 4 aromatic heterocycles. The molecular formula is C27H25FN8O. The molecule has 0 radical (unpaired) electrons. The topological polar surface area (TPSA) is 114 Å². The van der Waals surface area contributed by atoms with Crippen molar-refractivity contribution in [3.05, 3.63) is 83.8 Å². The molecule has 0 unspecified atom stereocenters. The van der Waals surface area contributed by atoms with Crippen molar-refractivity contribution >= 4 is 17.1 Å². The summed E-state index contributed by atoms with van der Waals surface area (Å²) < 4.78 is 16.2. The molecule has 186 valence electrons. The zero-order valence-corrected chi connectivity index (χ0v) is 20.3. The van der Waals surface area contributed by atoms with Crippen LogP contribution in [0.5, 0.6) is 0 Å². The van der Waals surface area contributed by atoms with E-state index < -0.39 is 5.82 Å². The highest BCUT2D eigenvalue weighted by Gasteiger charge is 2.23. The number of imidazole rings is 1. The van der Waals surface area contributed by atoms with E-state index in [1.165, 1.54) is 31.3 Å². The highest BCUT2D eigenvalue weighted by Crippen LogP contribution is 2.33. The first-order valence-electron chi connectivity index (χ1n) is 12.3. The van der Waals surface area contributed by atoms with Crippen LogP contribution < -0.4 is 5.32 Å². The Hall–Kier alpha value is -4.47. The third kappa shape index (κ3) is 4.69. The number of carbonyl (C=O) groups excluding carboxylic acids is 1. The summed E-state index contributed by atoms with van der Waals surface area (Å²) in [4.78, 5) is 33.5. The number of nitrogens with zero attached hydrogens (tertiary/aromatic N) is 6. The lowest BCUT2D eigenvalue weighted by Gasteiger charge is -2.08. The zero-order valence-electron chi connectivity index (χ0n) is 20.3. The molecule has 6 rings (SSSR count). The van der Waals surface area contributed by atoms with Gasteiger partial charge < -0.3 is 10.3 Å². The second-order valence-electron chi connectivity index (χ2n) is 9.38. The Bertz CT molecular complexity index is 1600. The number of rotatable bonds is 6. The van der Waals surface area contributed by atoms with Crippen LogP contribution in [0.4, 0.5) is 4.39 Å². The van der Waals surface area contributed by atoms with Gasteiger partial charge in [-0.1, -0.05) is 12.8 Å². The normalized spacial score (nSPS) is 13.9. The van der Waals surface area contributed by atoms with Crippen LogP contribution in [-0.4, -0.2) is 40.6 Å². The van der Waals surface area contributed by atoms with E-state index in [1.54, 1.807) is 17.1 Å². The van der Waals surface area contributed by atoms with Gasteiger partial charge in [-0.25, -0.2) is 24.0 Å². The number of carbonyl (C=O) groups is 1. The van der Waals surface area contributed by atoms with Crippen molar-refractivity contribution in [2.75, 3.05) is 0 Å². The molecule has 1 aliphatic carbocycles. The monoisotopic (exact) mass is 496 g/mol. The number of pyridine rings is 1. The van der Waals surface area contributed by atoms with Gasteiger partial charge in [0.25, 0.3) is 5.91 Å². The van der Waals surface area contributed by atoms with Gasteiger partial charge in [-0.05, 0) is 61.2 Å². The van der Waals surface area contributed by atoms with Crippen LogP contribution >= 0.6 is 0 Å². The number of halogens is 1. The lowest BCUT2D eigenvalue weighted by molar-refractivity contribution is 0.0947. The molecule has 0 spiro atoms. The standard InChI is InChI=1S/C27H25FN8O/c1-16-8-22(6-7-29-16)36-14-20(13-33-36)19-9-17(10-21(28)11-19)12-30-27(37)24-23-26(32-15-31-24)35-25(34-23)18-4-2-3-5-18/h6-11,13-15,18H,2-5,12H2,1H3,(H,30,37)(H,31,32,34,35). The van der Waals surface area contributed by atoms with Crippen LogP contribution in [0.2, 0.25) is 0 Å². The van der Waals surface area contributed by atoms with E-state index in [4.69, 9.17) is 0 Å². The largest absolute Gasteiger partial charge is 0.347 e. The van der Waals surface area contributed by atoms with E-state index >= 15 is 0 Å². The number of amides is 1. The molecule has 2 N–H and O–H groups in total. The molecule has 1 aromatic carbocycles. The Morgan fingerprint density at radius 1 is 1.14 bits per heavy atom. The smallest absolute Gasteiger partial charge is 0.272 e. The van der Waals surface area contributed by atoms with Gasteiger partial charge in [0.1, 0.15) is 23.5 Å². The predicted octanol–water partition coefficient (Wildman–Crippen LogP) is 4.64. The number of H-pyrrole nitrogens is 1. The molecule has 1 saturated carbocycles. The highest BCUT2D eigenvalue weighted by molar-refractivity contribution is 6.02. The first-order chi connectivity index (χ1) is 18.0. The molecule has 0 bridgehead atoms. The van der Waals surface area contributed by atoms with E-state index in [9.17, 15) is 9.18 Å². The van der Waals surface area contributed by atoms with E-state index in [2.05, 4.69) is 35.3 Å². The van der Waals surface area contributed by atoms with Gasteiger partial charge in [0, 0.05) is 36.1 Å². The van der Waals surface area contributed by atoms with Gasteiger partial charge in [0.2, 0.25) is 0 Å². The number of fused-ring (bicyclic) bond motifs is 1. The van der Waals surface area contributed by atoms with Crippen molar-refractivity contribution in [2.45, 2.75) is 45.1 Å². The molecule has 4 heterocycles. The average Bonchev–Trinajstić information content (AvgIpc) is 3.67. The third-order valence-electron chi connectivity index (χ3n) is 6.73. The van der Waals surface area contributed by atoms with Crippen LogP contribution in [0.15, 0.2) is 55.2 Å². The summed E-state index contributed by atoms with van der Waals surface area (Å²) in [5.74, 6) is 0.455. The fourth-order valence-electron chi connectivity index (χ4n) is 4.88.